The minimum atomic E-state index is -4.48. The summed E-state index contributed by atoms with van der Waals surface area (Å²) in [5, 5.41) is 10.0. The lowest BCUT2D eigenvalue weighted by molar-refractivity contribution is -0.137. The third-order valence-electron chi connectivity index (χ3n) is 5.86. The Labute approximate surface area is 184 Å². The lowest BCUT2D eigenvalue weighted by atomic mass is 9.80. The van der Waals surface area contributed by atoms with E-state index in [2.05, 4.69) is 20.7 Å². The van der Waals surface area contributed by atoms with E-state index in [4.69, 9.17) is 0 Å². The molecule has 2 aromatic heterocycles. The van der Waals surface area contributed by atoms with E-state index in [1.165, 1.54) is 16.9 Å². The molecule has 0 aliphatic heterocycles. The first kappa shape index (κ1) is 23.7. The second-order valence-electron chi connectivity index (χ2n) is 8.16. The Balaban J connectivity index is 1.80. The number of hydrogen-bond acceptors (Lipinski definition) is 4. The maximum Gasteiger partial charge on any atom is 0.417 e. The number of pyridine rings is 1. The molecule has 2 heterocycles. The van der Waals surface area contributed by atoms with Crippen LogP contribution in [0.4, 0.5) is 13.2 Å². The van der Waals surface area contributed by atoms with Crippen LogP contribution in [-0.4, -0.2) is 38.7 Å². The summed E-state index contributed by atoms with van der Waals surface area (Å²) in [7, 11) is 0. The fourth-order valence-electron chi connectivity index (χ4n) is 3.94. The third-order valence-corrected chi connectivity index (χ3v) is 5.86. The van der Waals surface area contributed by atoms with Crippen LogP contribution in [-0.2, 0) is 11.0 Å². The van der Waals surface area contributed by atoms with Crippen LogP contribution in [0.5, 0.6) is 0 Å². The molecule has 0 spiro atoms. The number of amides is 2. The van der Waals surface area contributed by atoms with Gasteiger partial charge in [-0.3, -0.25) is 9.59 Å². The molecular formula is C22H28F3N5O2. The number of aromatic nitrogens is 3. The van der Waals surface area contributed by atoms with Crippen LogP contribution < -0.4 is 10.6 Å². The van der Waals surface area contributed by atoms with Gasteiger partial charge in [-0.2, -0.15) is 18.3 Å². The van der Waals surface area contributed by atoms with E-state index in [9.17, 15) is 22.8 Å². The van der Waals surface area contributed by atoms with Gasteiger partial charge in [-0.1, -0.05) is 32.6 Å². The first-order valence-electron chi connectivity index (χ1n) is 10.9. The standard InChI is InChI=1S/C22H28F3N5O2/c1-3-4-12-26-20(32)21(10-6-5-7-11-21)29-19(31)17-14-28-30(15(17)2)18-9-8-16(13-27-18)22(23,24)25/h8-9,13-14H,3-7,10-12H2,1-2H3,(H,26,32)(H,29,31). The number of carbonyl (C=O) groups excluding carboxylic acids is 2. The van der Waals surface area contributed by atoms with Gasteiger partial charge < -0.3 is 10.6 Å². The van der Waals surface area contributed by atoms with Crippen molar-refractivity contribution in [2.24, 2.45) is 0 Å². The molecule has 1 aliphatic carbocycles. The average molecular weight is 451 g/mol. The van der Waals surface area contributed by atoms with Gasteiger partial charge in [0.1, 0.15) is 5.54 Å². The third kappa shape index (κ3) is 5.11. The number of hydrogen-bond donors (Lipinski definition) is 2. The monoisotopic (exact) mass is 451 g/mol. The molecule has 1 aliphatic rings. The smallest absolute Gasteiger partial charge is 0.354 e. The molecule has 174 valence electrons. The maximum absolute atomic E-state index is 13.1. The highest BCUT2D eigenvalue weighted by Crippen LogP contribution is 2.30. The molecule has 7 nitrogen and oxygen atoms in total. The van der Waals surface area contributed by atoms with Gasteiger partial charge in [0.05, 0.1) is 23.0 Å². The molecule has 0 bridgehead atoms. The number of rotatable bonds is 7. The van der Waals surface area contributed by atoms with Crippen molar-refractivity contribution in [1.29, 1.82) is 0 Å². The van der Waals surface area contributed by atoms with Crippen LogP contribution in [0.3, 0.4) is 0 Å². The highest BCUT2D eigenvalue weighted by atomic mass is 19.4. The maximum atomic E-state index is 13.1. The van der Waals surface area contributed by atoms with Gasteiger partial charge in [0, 0.05) is 12.7 Å². The molecule has 10 heteroatoms. The molecule has 32 heavy (non-hydrogen) atoms. The quantitative estimate of drug-likeness (QED) is 0.624. The van der Waals surface area contributed by atoms with Crippen molar-refractivity contribution in [3.8, 4) is 5.82 Å². The predicted molar refractivity (Wildman–Crippen MR) is 112 cm³/mol. The van der Waals surface area contributed by atoms with Gasteiger partial charge in [-0.05, 0) is 38.3 Å². The Morgan fingerprint density at radius 1 is 1.16 bits per heavy atom. The molecule has 1 fully saturated rings. The van der Waals surface area contributed by atoms with Crippen LogP contribution in [0.15, 0.2) is 24.5 Å². The molecule has 0 aromatic carbocycles. The Bertz CT molecular complexity index is 947. The number of carbonyl (C=O) groups is 2. The lowest BCUT2D eigenvalue weighted by Crippen LogP contribution is -2.59. The summed E-state index contributed by atoms with van der Waals surface area (Å²) >= 11 is 0. The zero-order valence-electron chi connectivity index (χ0n) is 18.3. The number of unbranched alkanes of at least 4 members (excludes halogenated alkanes) is 1. The van der Waals surface area contributed by atoms with E-state index in [0.29, 0.717) is 25.1 Å². The molecule has 3 rings (SSSR count). The van der Waals surface area contributed by atoms with Crippen LogP contribution in [0.2, 0.25) is 0 Å². The topological polar surface area (TPSA) is 88.9 Å². The Morgan fingerprint density at radius 2 is 1.88 bits per heavy atom. The van der Waals surface area contributed by atoms with Crippen LogP contribution in [0, 0.1) is 6.92 Å². The van der Waals surface area contributed by atoms with Crippen molar-refractivity contribution in [2.75, 3.05) is 6.54 Å². The molecule has 0 unspecified atom stereocenters. The van der Waals surface area contributed by atoms with E-state index in [1.54, 1.807) is 6.92 Å². The Morgan fingerprint density at radius 3 is 2.47 bits per heavy atom. The lowest BCUT2D eigenvalue weighted by Gasteiger charge is -2.36. The van der Waals surface area contributed by atoms with Crippen LogP contribution in [0.1, 0.15) is 73.5 Å². The molecule has 2 N–H and O–H groups in total. The fraction of sp³-hybridized carbons (Fsp3) is 0.545. The number of nitrogens with zero attached hydrogens (tertiary/aromatic N) is 3. The molecule has 1 saturated carbocycles. The Hall–Kier alpha value is -2.91. The van der Waals surface area contributed by atoms with Gasteiger partial charge in [0.15, 0.2) is 5.82 Å². The zero-order valence-corrected chi connectivity index (χ0v) is 18.3. The number of halogens is 3. The van der Waals surface area contributed by atoms with Gasteiger partial charge in [-0.15, -0.1) is 0 Å². The summed E-state index contributed by atoms with van der Waals surface area (Å²) in [5.74, 6) is -0.444. The molecular weight excluding hydrogens is 423 g/mol. The summed E-state index contributed by atoms with van der Waals surface area (Å²) in [6, 6.07) is 2.12. The SMILES string of the molecule is CCCCNC(=O)C1(NC(=O)c2cnn(-c3ccc(C(F)(F)F)cn3)c2C)CCCCC1. The van der Waals surface area contributed by atoms with Crippen molar-refractivity contribution in [3.63, 3.8) is 0 Å². The second kappa shape index (κ2) is 9.70. The van der Waals surface area contributed by atoms with Crippen molar-refractivity contribution in [2.45, 2.75) is 70.5 Å². The van der Waals surface area contributed by atoms with Crippen LogP contribution in [0.25, 0.3) is 5.82 Å². The van der Waals surface area contributed by atoms with E-state index >= 15 is 0 Å². The Kier molecular flexibility index (Phi) is 7.20. The van der Waals surface area contributed by atoms with Gasteiger partial charge >= 0.3 is 6.18 Å². The minimum Gasteiger partial charge on any atom is -0.354 e. The van der Waals surface area contributed by atoms with Crippen molar-refractivity contribution in [3.05, 3.63) is 41.3 Å². The van der Waals surface area contributed by atoms with Gasteiger partial charge in [-0.25, -0.2) is 9.67 Å². The summed E-state index contributed by atoms with van der Waals surface area (Å²) in [6.07, 6.45) is 3.22. The number of alkyl halides is 3. The van der Waals surface area contributed by atoms with Crippen molar-refractivity contribution < 1.29 is 22.8 Å². The van der Waals surface area contributed by atoms with Crippen molar-refractivity contribution in [1.82, 2.24) is 25.4 Å². The molecule has 0 radical (unpaired) electrons. The second-order valence-corrected chi connectivity index (χ2v) is 8.16. The largest absolute Gasteiger partial charge is 0.417 e. The van der Waals surface area contributed by atoms with E-state index in [-0.39, 0.29) is 17.3 Å². The number of nitrogens with one attached hydrogen (secondary N) is 2. The van der Waals surface area contributed by atoms with E-state index in [0.717, 1.165) is 44.4 Å². The minimum absolute atomic E-state index is 0.166. The highest BCUT2D eigenvalue weighted by molar-refractivity contribution is 6.00. The van der Waals surface area contributed by atoms with E-state index < -0.39 is 23.2 Å². The molecule has 0 atom stereocenters. The molecule has 2 aromatic rings. The molecule has 0 saturated heterocycles. The van der Waals surface area contributed by atoms with E-state index in [1.807, 2.05) is 6.92 Å². The highest BCUT2D eigenvalue weighted by Gasteiger charge is 2.41. The predicted octanol–water partition coefficient (Wildman–Crippen LogP) is 3.94. The first-order chi connectivity index (χ1) is 15.2. The normalized spacial score (nSPS) is 15.9. The van der Waals surface area contributed by atoms with Gasteiger partial charge in [0.25, 0.3) is 5.91 Å². The summed E-state index contributed by atoms with van der Waals surface area (Å²) < 4.78 is 39.7. The summed E-state index contributed by atoms with van der Waals surface area (Å²) in [4.78, 5) is 29.9. The van der Waals surface area contributed by atoms with Crippen LogP contribution >= 0.6 is 0 Å². The molecule has 2 amide bonds. The summed E-state index contributed by atoms with van der Waals surface area (Å²) in [6.45, 7) is 4.23. The fourth-order valence-corrected chi connectivity index (χ4v) is 3.94. The summed E-state index contributed by atoms with van der Waals surface area (Å²) in [5.41, 5.74) is -1.16. The zero-order chi connectivity index (χ0) is 23.4. The van der Waals surface area contributed by atoms with Gasteiger partial charge in [0.2, 0.25) is 5.91 Å². The average Bonchev–Trinajstić information content (AvgIpc) is 3.15. The first-order valence-corrected chi connectivity index (χ1v) is 10.9. The van der Waals surface area contributed by atoms with Crippen molar-refractivity contribution >= 4 is 11.8 Å².